The third kappa shape index (κ3) is 4.34. The van der Waals surface area contributed by atoms with E-state index >= 15 is 0 Å². The maximum atomic E-state index is 13.3. The number of ether oxygens (including phenoxy) is 1. The summed E-state index contributed by atoms with van der Waals surface area (Å²) in [7, 11) is 1.94. The Morgan fingerprint density at radius 1 is 1.09 bits per heavy atom. The van der Waals surface area contributed by atoms with E-state index in [4.69, 9.17) is 9.84 Å². The molecular weight excluding hydrogens is 404 g/mol. The van der Waals surface area contributed by atoms with Gasteiger partial charge in [-0.25, -0.2) is 4.79 Å². The molecule has 4 aromatic rings. The molecule has 2 aromatic carbocycles. The van der Waals surface area contributed by atoms with Gasteiger partial charge in [-0.2, -0.15) is 0 Å². The zero-order valence-corrected chi connectivity index (χ0v) is 17.9. The molecule has 0 amide bonds. The van der Waals surface area contributed by atoms with Gasteiger partial charge in [-0.15, -0.1) is 0 Å². The highest BCUT2D eigenvalue weighted by Crippen LogP contribution is 2.23. The second-order valence-electron chi connectivity index (χ2n) is 7.62. The van der Waals surface area contributed by atoms with Crippen molar-refractivity contribution >= 4 is 28.7 Å². The molecule has 0 aliphatic carbocycles. The third-order valence-electron chi connectivity index (χ3n) is 5.33. The van der Waals surface area contributed by atoms with Crippen LogP contribution in [0, 0.1) is 0 Å². The summed E-state index contributed by atoms with van der Waals surface area (Å²) in [4.78, 5) is 24.3. The zero-order valence-electron chi connectivity index (χ0n) is 17.9. The standard InChI is InChI=1S/C26H24N2O4/c1-18(26(30)31)32-20-10-5-8-19(16-20)9-6-14-28-15-7-13-24(28)25(29)22-17-27(2)23-12-4-3-11-21(22)23/h3-13,15-18H,14H2,1-2H3,(H,30,31)/b9-6+/t18-/m0/s1. The number of aryl methyl sites for hydroxylation is 1. The average molecular weight is 428 g/mol. The van der Waals surface area contributed by atoms with E-state index in [1.54, 1.807) is 12.1 Å². The lowest BCUT2D eigenvalue weighted by atomic mass is 10.1. The maximum Gasteiger partial charge on any atom is 0.344 e. The Morgan fingerprint density at radius 2 is 1.91 bits per heavy atom. The quantitative estimate of drug-likeness (QED) is 0.410. The predicted molar refractivity (Wildman–Crippen MR) is 124 cm³/mol. The van der Waals surface area contributed by atoms with Crippen molar-refractivity contribution in [3.05, 3.63) is 96.0 Å². The number of allylic oxidation sites excluding steroid dienone is 1. The fraction of sp³-hybridized carbons (Fsp3) is 0.154. The fourth-order valence-electron chi connectivity index (χ4n) is 3.69. The number of carbonyl (C=O) groups is 2. The number of nitrogens with zero attached hydrogens (tertiary/aromatic N) is 2. The van der Waals surface area contributed by atoms with Crippen LogP contribution in [-0.4, -0.2) is 32.1 Å². The van der Waals surface area contributed by atoms with E-state index in [-0.39, 0.29) is 5.78 Å². The molecule has 0 aliphatic heterocycles. The number of benzene rings is 2. The molecule has 0 radical (unpaired) electrons. The van der Waals surface area contributed by atoms with Gasteiger partial charge in [0.25, 0.3) is 0 Å². The van der Waals surface area contributed by atoms with E-state index in [9.17, 15) is 9.59 Å². The second-order valence-corrected chi connectivity index (χ2v) is 7.62. The summed E-state index contributed by atoms with van der Waals surface area (Å²) in [6.07, 6.45) is 6.72. The number of hydrogen-bond donors (Lipinski definition) is 1. The summed E-state index contributed by atoms with van der Waals surface area (Å²) in [5, 5.41) is 9.94. The highest BCUT2D eigenvalue weighted by atomic mass is 16.5. The van der Waals surface area contributed by atoms with Crippen molar-refractivity contribution in [2.45, 2.75) is 19.6 Å². The van der Waals surface area contributed by atoms with Gasteiger partial charge in [-0.1, -0.05) is 42.5 Å². The van der Waals surface area contributed by atoms with Crippen molar-refractivity contribution in [3.8, 4) is 5.75 Å². The SMILES string of the molecule is C[C@H](Oc1cccc(/C=C/Cn2cccc2C(=O)c2cn(C)c3ccccc23)c1)C(=O)O. The predicted octanol–water partition coefficient (Wildman–Crippen LogP) is 4.78. The Labute approximate surface area is 186 Å². The molecule has 2 heterocycles. The summed E-state index contributed by atoms with van der Waals surface area (Å²) in [5.74, 6) is -0.532. The molecule has 1 N–H and O–H groups in total. The Hall–Kier alpha value is -4.06. The van der Waals surface area contributed by atoms with Gasteiger partial charge in [0.05, 0.1) is 5.69 Å². The number of hydrogen-bond acceptors (Lipinski definition) is 3. The minimum atomic E-state index is -1.01. The lowest BCUT2D eigenvalue weighted by Crippen LogP contribution is -2.22. The lowest BCUT2D eigenvalue weighted by molar-refractivity contribution is -0.144. The zero-order chi connectivity index (χ0) is 22.7. The van der Waals surface area contributed by atoms with E-state index in [1.807, 2.05) is 89.3 Å². The number of carboxylic acid groups (broad SMARTS) is 1. The van der Waals surface area contributed by atoms with Gasteiger partial charge in [0, 0.05) is 42.5 Å². The van der Waals surface area contributed by atoms with Crippen LogP contribution in [0.1, 0.15) is 28.5 Å². The molecule has 0 bridgehead atoms. The van der Waals surface area contributed by atoms with Crippen LogP contribution in [0.25, 0.3) is 17.0 Å². The third-order valence-corrected chi connectivity index (χ3v) is 5.33. The number of carbonyl (C=O) groups excluding carboxylic acids is 1. The molecule has 0 spiro atoms. The monoisotopic (exact) mass is 428 g/mol. The number of rotatable bonds is 8. The van der Waals surface area contributed by atoms with E-state index < -0.39 is 12.1 Å². The van der Waals surface area contributed by atoms with Gasteiger partial charge in [-0.3, -0.25) is 4.79 Å². The molecular formula is C26H24N2O4. The Bertz CT molecular complexity index is 1310. The summed E-state index contributed by atoms with van der Waals surface area (Å²) in [5.41, 5.74) is 3.21. The van der Waals surface area contributed by atoms with Gasteiger partial charge in [0.1, 0.15) is 5.75 Å². The molecule has 0 saturated carbocycles. The number of para-hydroxylation sites is 1. The van der Waals surface area contributed by atoms with Gasteiger partial charge in [0.2, 0.25) is 5.78 Å². The summed E-state index contributed by atoms with van der Waals surface area (Å²) in [6.45, 7) is 2.01. The highest BCUT2D eigenvalue weighted by Gasteiger charge is 2.18. The molecule has 0 fully saturated rings. The molecule has 162 valence electrons. The van der Waals surface area contributed by atoms with Crippen molar-refractivity contribution < 1.29 is 19.4 Å². The molecule has 6 heteroatoms. The summed E-state index contributed by atoms with van der Waals surface area (Å²) >= 11 is 0. The van der Waals surface area contributed by atoms with E-state index in [0.717, 1.165) is 16.5 Å². The first-order chi connectivity index (χ1) is 15.4. The van der Waals surface area contributed by atoms with Crippen LogP contribution in [-0.2, 0) is 18.4 Å². The van der Waals surface area contributed by atoms with Crippen molar-refractivity contribution in [3.63, 3.8) is 0 Å². The topological polar surface area (TPSA) is 73.5 Å². The Balaban J connectivity index is 1.51. The van der Waals surface area contributed by atoms with Crippen LogP contribution < -0.4 is 4.74 Å². The van der Waals surface area contributed by atoms with E-state index in [2.05, 4.69) is 0 Å². The van der Waals surface area contributed by atoms with Crippen LogP contribution in [0.4, 0.5) is 0 Å². The number of ketones is 1. The van der Waals surface area contributed by atoms with Crippen LogP contribution in [0.3, 0.4) is 0 Å². The van der Waals surface area contributed by atoms with Crippen molar-refractivity contribution in [2.75, 3.05) is 0 Å². The summed E-state index contributed by atoms with van der Waals surface area (Å²) in [6, 6.07) is 18.8. The number of fused-ring (bicyclic) bond motifs is 1. The first-order valence-corrected chi connectivity index (χ1v) is 10.3. The second kappa shape index (κ2) is 8.98. The smallest absolute Gasteiger partial charge is 0.344 e. The van der Waals surface area contributed by atoms with Crippen LogP contribution >= 0.6 is 0 Å². The molecule has 2 aromatic heterocycles. The van der Waals surface area contributed by atoms with Gasteiger partial charge in [0.15, 0.2) is 6.10 Å². The van der Waals surface area contributed by atoms with E-state index in [1.165, 1.54) is 6.92 Å². The molecule has 0 unspecified atom stereocenters. The van der Waals surface area contributed by atoms with Crippen LogP contribution in [0.2, 0.25) is 0 Å². The highest BCUT2D eigenvalue weighted by molar-refractivity contribution is 6.15. The summed E-state index contributed by atoms with van der Waals surface area (Å²) < 4.78 is 9.30. The van der Waals surface area contributed by atoms with Crippen molar-refractivity contribution in [1.82, 2.24) is 9.13 Å². The number of aliphatic carboxylic acids is 1. The Kier molecular flexibility index (Phi) is 5.94. The molecule has 0 saturated heterocycles. The molecule has 6 nitrogen and oxygen atoms in total. The first-order valence-electron chi connectivity index (χ1n) is 10.3. The largest absolute Gasteiger partial charge is 0.479 e. The molecule has 32 heavy (non-hydrogen) atoms. The number of carboxylic acids is 1. The first kappa shape index (κ1) is 21.2. The van der Waals surface area contributed by atoms with Crippen LogP contribution in [0.5, 0.6) is 5.75 Å². The molecule has 0 aliphatic rings. The van der Waals surface area contributed by atoms with Gasteiger partial charge in [-0.05, 0) is 42.8 Å². The lowest BCUT2D eigenvalue weighted by Gasteiger charge is -2.10. The minimum absolute atomic E-state index is 0.0155. The molecule has 1 atom stereocenters. The van der Waals surface area contributed by atoms with Gasteiger partial charge >= 0.3 is 5.97 Å². The van der Waals surface area contributed by atoms with Crippen LogP contribution in [0.15, 0.2) is 79.1 Å². The maximum absolute atomic E-state index is 13.3. The average Bonchev–Trinajstić information content (AvgIpc) is 3.38. The van der Waals surface area contributed by atoms with E-state index in [0.29, 0.717) is 23.6 Å². The van der Waals surface area contributed by atoms with Crippen molar-refractivity contribution in [2.24, 2.45) is 7.05 Å². The number of aromatic nitrogens is 2. The van der Waals surface area contributed by atoms with Crippen molar-refractivity contribution in [1.29, 1.82) is 0 Å². The minimum Gasteiger partial charge on any atom is -0.479 e. The molecule has 4 rings (SSSR count). The fourth-order valence-corrected chi connectivity index (χ4v) is 3.69. The Morgan fingerprint density at radius 3 is 2.72 bits per heavy atom. The normalized spacial score (nSPS) is 12.3. The van der Waals surface area contributed by atoms with Gasteiger partial charge < -0.3 is 19.0 Å².